The van der Waals surface area contributed by atoms with Crippen LogP contribution in [0.3, 0.4) is 0 Å². The molecule has 14 heavy (non-hydrogen) atoms. The van der Waals surface area contributed by atoms with Crippen molar-refractivity contribution in [3.05, 3.63) is 30.1 Å². The van der Waals surface area contributed by atoms with E-state index < -0.39 is 0 Å². The predicted molar refractivity (Wildman–Crippen MR) is 47.6 cm³/mol. The lowest BCUT2D eigenvalue weighted by Crippen LogP contribution is -2.14. The number of H-pyrrole nitrogens is 1. The van der Waals surface area contributed by atoms with Gasteiger partial charge in [-0.25, -0.2) is 4.98 Å². The summed E-state index contributed by atoms with van der Waals surface area (Å²) in [7, 11) is 0. The van der Waals surface area contributed by atoms with Crippen LogP contribution in [-0.4, -0.2) is 25.7 Å². The van der Waals surface area contributed by atoms with Crippen molar-refractivity contribution in [2.45, 2.75) is 6.42 Å². The van der Waals surface area contributed by atoms with E-state index >= 15 is 0 Å². The van der Waals surface area contributed by atoms with E-state index in [0.29, 0.717) is 23.5 Å². The molecule has 1 aliphatic rings. The zero-order valence-electron chi connectivity index (χ0n) is 7.19. The molecule has 2 aromatic heterocycles. The fourth-order valence-corrected chi connectivity index (χ4v) is 1.63. The molecule has 0 atom stereocenters. The molecule has 0 spiro atoms. The second-order valence-corrected chi connectivity index (χ2v) is 3.08. The molecule has 0 unspecified atom stereocenters. The third kappa shape index (κ3) is 0.834. The van der Waals surface area contributed by atoms with Crippen LogP contribution in [0, 0.1) is 0 Å². The first-order valence-corrected chi connectivity index (χ1v) is 4.23. The Bertz CT molecular complexity index is 517. The smallest absolute Gasteiger partial charge is 0.189 e. The van der Waals surface area contributed by atoms with E-state index in [2.05, 4.69) is 19.9 Å². The summed E-state index contributed by atoms with van der Waals surface area (Å²) >= 11 is 0. The summed E-state index contributed by atoms with van der Waals surface area (Å²) in [6, 6.07) is 0. The quantitative estimate of drug-likeness (QED) is 0.654. The molecule has 2 aromatic rings. The van der Waals surface area contributed by atoms with Gasteiger partial charge in [0, 0.05) is 12.4 Å². The minimum absolute atomic E-state index is 0.00532. The largest absolute Gasteiger partial charge is 0.343 e. The van der Waals surface area contributed by atoms with Gasteiger partial charge >= 0.3 is 0 Å². The van der Waals surface area contributed by atoms with E-state index in [1.54, 1.807) is 12.4 Å². The molecule has 0 fully saturated rings. The van der Waals surface area contributed by atoms with Crippen LogP contribution in [0.5, 0.6) is 0 Å². The van der Waals surface area contributed by atoms with Gasteiger partial charge in [-0.3, -0.25) is 14.8 Å². The molecule has 0 aromatic carbocycles. The maximum Gasteiger partial charge on any atom is 0.189 e. The molecular formula is C9H6N4O. The number of hydrogen-bond acceptors (Lipinski definition) is 4. The number of ketones is 1. The molecule has 0 radical (unpaired) electrons. The number of carbonyl (C=O) groups is 1. The average Bonchev–Trinajstić information content (AvgIpc) is 2.67. The third-order valence-electron chi connectivity index (χ3n) is 2.24. The second kappa shape index (κ2) is 2.47. The number of rotatable bonds is 0. The van der Waals surface area contributed by atoms with Crippen molar-refractivity contribution in [2.75, 3.05) is 0 Å². The van der Waals surface area contributed by atoms with E-state index in [1.807, 2.05) is 0 Å². The van der Waals surface area contributed by atoms with Crippen LogP contribution in [0.1, 0.15) is 16.2 Å². The average molecular weight is 186 g/mol. The number of fused-ring (bicyclic) bond motifs is 3. The van der Waals surface area contributed by atoms with Crippen LogP contribution in [0.15, 0.2) is 18.7 Å². The van der Waals surface area contributed by atoms with Crippen molar-refractivity contribution in [1.82, 2.24) is 19.9 Å². The SMILES string of the molecule is O=C1Cc2nccnc2-c2[nH]cnc21. The summed E-state index contributed by atoms with van der Waals surface area (Å²) in [5, 5.41) is 0. The van der Waals surface area contributed by atoms with Gasteiger partial charge in [0.15, 0.2) is 5.78 Å². The Labute approximate surface area is 79.2 Å². The second-order valence-electron chi connectivity index (χ2n) is 3.08. The highest BCUT2D eigenvalue weighted by Gasteiger charge is 2.26. The van der Waals surface area contributed by atoms with E-state index in [-0.39, 0.29) is 5.78 Å². The Kier molecular flexibility index (Phi) is 1.30. The minimum atomic E-state index is -0.00532. The molecule has 0 aliphatic heterocycles. The van der Waals surface area contributed by atoms with Gasteiger partial charge in [0.1, 0.15) is 11.4 Å². The number of hydrogen-bond donors (Lipinski definition) is 1. The Hall–Kier alpha value is -2.04. The first-order chi connectivity index (χ1) is 6.86. The molecule has 1 aliphatic carbocycles. The third-order valence-corrected chi connectivity index (χ3v) is 2.24. The first-order valence-electron chi connectivity index (χ1n) is 4.23. The number of aromatic amines is 1. The first kappa shape index (κ1) is 7.37. The van der Waals surface area contributed by atoms with Gasteiger partial charge in [0.25, 0.3) is 0 Å². The van der Waals surface area contributed by atoms with Crippen LogP contribution in [0.25, 0.3) is 11.4 Å². The number of Topliss-reactive ketones (excluding diaryl/α,β-unsaturated/α-hetero) is 1. The normalized spacial score (nSPS) is 13.6. The lowest BCUT2D eigenvalue weighted by atomic mass is 10.0. The molecule has 5 nitrogen and oxygen atoms in total. The van der Waals surface area contributed by atoms with E-state index in [0.717, 1.165) is 5.69 Å². The van der Waals surface area contributed by atoms with Crippen LogP contribution in [0.2, 0.25) is 0 Å². The van der Waals surface area contributed by atoms with Crippen LogP contribution >= 0.6 is 0 Å². The van der Waals surface area contributed by atoms with Gasteiger partial charge in [-0.15, -0.1) is 0 Å². The molecule has 0 bridgehead atoms. The number of nitrogens with zero attached hydrogens (tertiary/aromatic N) is 3. The fraction of sp³-hybridized carbons (Fsp3) is 0.111. The van der Waals surface area contributed by atoms with Gasteiger partial charge in [-0.05, 0) is 0 Å². The number of carbonyl (C=O) groups excluding carboxylic acids is 1. The Morgan fingerprint density at radius 2 is 2.00 bits per heavy atom. The standard InChI is InChI=1S/C9H6N4O/c14-6-3-5-7(11-2-1-10-5)9-8(6)12-4-13-9/h1-2,4H,3H2,(H,12,13). The summed E-state index contributed by atoms with van der Waals surface area (Å²) < 4.78 is 0. The molecule has 68 valence electrons. The van der Waals surface area contributed by atoms with E-state index in [1.165, 1.54) is 6.33 Å². The molecule has 0 saturated heterocycles. The molecule has 1 N–H and O–H groups in total. The molecule has 0 saturated carbocycles. The minimum Gasteiger partial charge on any atom is -0.343 e. The topological polar surface area (TPSA) is 71.5 Å². The van der Waals surface area contributed by atoms with Crippen molar-refractivity contribution in [1.29, 1.82) is 0 Å². The highest BCUT2D eigenvalue weighted by Crippen LogP contribution is 2.26. The van der Waals surface area contributed by atoms with Crippen molar-refractivity contribution in [3.8, 4) is 11.4 Å². The molecule has 5 heteroatoms. The molecular weight excluding hydrogens is 180 g/mol. The van der Waals surface area contributed by atoms with Gasteiger partial charge in [-0.1, -0.05) is 0 Å². The summed E-state index contributed by atoms with van der Waals surface area (Å²) in [6.45, 7) is 0. The van der Waals surface area contributed by atoms with Crippen LogP contribution in [-0.2, 0) is 6.42 Å². The van der Waals surface area contributed by atoms with Gasteiger partial charge in [0.2, 0.25) is 0 Å². The highest BCUT2D eigenvalue weighted by atomic mass is 16.1. The maximum absolute atomic E-state index is 11.6. The van der Waals surface area contributed by atoms with Crippen LogP contribution < -0.4 is 0 Å². The fourth-order valence-electron chi connectivity index (χ4n) is 1.63. The van der Waals surface area contributed by atoms with Crippen molar-refractivity contribution < 1.29 is 4.79 Å². The van der Waals surface area contributed by atoms with Gasteiger partial charge in [-0.2, -0.15) is 0 Å². The van der Waals surface area contributed by atoms with Crippen LogP contribution in [0.4, 0.5) is 0 Å². The summed E-state index contributed by atoms with van der Waals surface area (Å²) in [5.41, 5.74) is 2.61. The summed E-state index contributed by atoms with van der Waals surface area (Å²) in [5.74, 6) is -0.00532. The summed E-state index contributed by atoms with van der Waals surface area (Å²) in [4.78, 5) is 26.7. The van der Waals surface area contributed by atoms with Crippen molar-refractivity contribution in [2.24, 2.45) is 0 Å². The molecule has 3 rings (SSSR count). The zero-order valence-corrected chi connectivity index (χ0v) is 7.19. The Morgan fingerprint density at radius 3 is 2.93 bits per heavy atom. The molecule has 0 amide bonds. The van der Waals surface area contributed by atoms with E-state index in [9.17, 15) is 4.79 Å². The highest BCUT2D eigenvalue weighted by molar-refractivity contribution is 6.03. The number of imidazole rings is 1. The van der Waals surface area contributed by atoms with Crippen molar-refractivity contribution >= 4 is 5.78 Å². The van der Waals surface area contributed by atoms with Crippen molar-refractivity contribution in [3.63, 3.8) is 0 Å². The zero-order chi connectivity index (χ0) is 9.54. The lowest BCUT2D eigenvalue weighted by molar-refractivity contribution is 0.0986. The monoisotopic (exact) mass is 186 g/mol. The number of aromatic nitrogens is 4. The lowest BCUT2D eigenvalue weighted by Gasteiger charge is -2.10. The van der Waals surface area contributed by atoms with E-state index in [4.69, 9.17) is 0 Å². The maximum atomic E-state index is 11.6. The summed E-state index contributed by atoms with van der Waals surface area (Å²) in [6.07, 6.45) is 5.00. The van der Waals surface area contributed by atoms with Gasteiger partial charge < -0.3 is 4.98 Å². The Morgan fingerprint density at radius 1 is 1.14 bits per heavy atom. The number of nitrogens with one attached hydrogen (secondary N) is 1. The van der Waals surface area contributed by atoms with Gasteiger partial charge in [0.05, 0.1) is 24.1 Å². The molecule has 2 heterocycles. The Balaban J connectivity index is 2.34. The predicted octanol–water partition coefficient (Wildman–Crippen LogP) is 0.605.